The van der Waals surface area contributed by atoms with Gasteiger partial charge in [0.1, 0.15) is 0 Å². The van der Waals surface area contributed by atoms with E-state index in [1.54, 1.807) is 18.3 Å². The van der Waals surface area contributed by atoms with Crippen molar-refractivity contribution in [2.24, 2.45) is 0 Å². The number of aromatic nitrogens is 2. The van der Waals surface area contributed by atoms with Gasteiger partial charge in [-0.1, -0.05) is 24.3 Å². The average molecular weight is 386 g/mol. The van der Waals surface area contributed by atoms with E-state index in [4.69, 9.17) is 5.11 Å². The number of nitrogens with zero attached hydrogens (tertiary/aromatic N) is 3. The van der Waals surface area contributed by atoms with Gasteiger partial charge in [-0.15, -0.1) is 0 Å². The van der Waals surface area contributed by atoms with Crippen LogP contribution in [0.5, 0.6) is 0 Å². The number of sulfonamides is 1. The first-order valence-electron chi connectivity index (χ1n) is 8.95. The molecule has 2 heterocycles. The second-order valence-corrected chi connectivity index (χ2v) is 8.57. The van der Waals surface area contributed by atoms with Gasteiger partial charge in [0.15, 0.2) is 0 Å². The van der Waals surface area contributed by atoms with Crippen molar-refractivity contribution in [2.75, 3.05) is 39.3 Å². The van der Waals surface area contributed by atoms with Crippen molar-refractivity contribution in [1.82, 2.24) is 19.4 Å². The maximum Gasteiger partial charge on any atom is 0.243 e. The zero-order valence-electron chi connectivity index (χ0n) is 14.9. The number of aliphatic hydroxyl groups excluding tert-OH is 1. The molecule has 2 aromatic carbocycles. The second-order valence-electron chi connectivity index (χ2n) is 6.63. The summed E-state index contributed by atoms with van der Waals surface area (Å²) in [5.41, 5.74) is 2.92. The summed E-state index contributed by atoms with van der Waals surface area (Å²) < 4.78 is 27.3. The Morgan fingerprint density at radius 2 is 1.78 bits per heavy atom. The third-order valence-corrected chi connectivity index (χ3v) is 6.95. The van der Waals surface area contributed by atoms with E-state index in [0.29, 0.717) is 37.6 Å². The number of piperazine rings is 1. The number of aliphatic hydroxyl groups is 1. The van der Waals surface area contributed by atoms with Gasteiger partial charge in [-0.05, 0) is 29.3 Å². The van der Waals surface area contributed by atoms with E-state index in [1.807, 2.05) is 30.3 Å². The third-order valence-electron chi connectivity index (χ3n) is 5.04. The minimum Gasteiger partial charge on any atom is -0.395 e. The number of hydrogen-bond donors (Lipinski definition) is 2. The normalized spacial score (nSPS) is 16.8. The second kappa shape index (κ2) is 7.40. The average Bonchev–Trinajstić information content (AvgIpc) is 3.18. The van der Waals surface area contributed by atoms with Crippen LogP contribution < -0.4 is 0 Å². The summed E-state index contributed by atoms with van der Waals surface area (Å²) in [4.78, 5) is 2.38. The minimum atomic E-state index is -3.51. The van der Waals surface area contributed by atoms with E-state index in [1.165, 1.54) is 4.31 Å². The summed E-state index contributed by atoms with van der Waals surface area (Å²) in [6.45, 7) is 2.84. The third kappa shape index (κ3) is 3.49. The largest absolute Gasteiger partial charge is 0.395 e. The van der Waals surface area contributed by atoms with Gasteiger partial charge in [-0.2, -0.15) is 9.40 Å². The first kappa shape index (κ1) is 18.1. The highest BCUT2D eigenvalue weighted by molar-refractivity contribution is 7.89. The molecule has 0 radical (unpaired) electrons. The topological polar surface area (TPSA) is 89.5 Å². The smallest absolute Gasteiger partial charge is 0.243 e. The molecule has 0 amide bonds. The van der Waals surface area contributed by atoms with Crippen molar-refractivity contribution in [1.29, 1.82) is 0 Å². The van der Waals surface area contributed by atoms with Gasteiger partial charge < -0.3 is 5.11 Å². The number of benzene rings is 2. The van der Waals surface area contributed by atoms with Crippen molar-refractivity contribution < 1.29 is 13.5 Å². The maximum atomic E-state index is 12.9. The van der Waals surface area contributed by atoms with Crippen molar-refractivity contribution in [3.05, 3.63) is 48.7 Å². The lowest BCUT2D eigenvalue weighted by Crippen LogP contribution is -2.49. The number of rotatable bonds is 5. The molecule has 27 heavy (non-hydrogen) atoms. The molecule has 142 valence electrons. The van der Waals surface area contributed by atoms with Gasteiger partial charge in [-0.3, -0.25) is 10.00 Å². The van der Waals surface area contributed by atoms with Crippen molar-refractivity contribution in [3.8, 4) is 11.1 Å². The maximum absolute atomic E-state index is 12.9. The lowest BCUT2D eigenvalue weighted by molar-refractivity contribution is 0.151. The highest BCUT2D eigenvalue weighted by atomic mass is 32.2. The standard InChI is InChI=1S/C19H22N4O3S/c24-13-12-22-8-10-23(11-9-22)27(25,26)16-6-4-15(5-7-16)17-2-1-3-19-18(17)14-20-21-19/h1-7,14,24H,8-13H2,(H,20,21). The number of aromatic amines is 1. The number of hydrogen-bond acceptors (Lipinski definition) is 5. The van der Waals surface area contributed by atoms with Crippen LogP contribution in [0.4, 0.5) is 0 Å². The molecule has 0 spiro atoms. The molecular weight excluding hydrogens is 364 g/mol. The SMILES string of the molecule is O=S(=O)(c1ccc(-c2cccc3[nH]ncc23)cc1)N1CCN(CCO)CC1. The fourth-order valence-electron chi connectivity index (χ4n) is 3.51. The molecule has 1 aliphatic heterocycles. The lowest BCUT2D eigenvalue weighted by Gasteiger charge is -2.33. The number of fused-ring (bicyclic) bond motifs is 1. The van der Waals surface area contributed by atoms with E-state index < -0.39 is 10.0 Å². The molecule has 1 aromatic heterocycles. The molecule has 4 rings (SSSR count). The fourth-order valence-corrected chi connectivity index (χ4v) is 4.93. The molecule has 1 fully saturated rings. The highest BCUT2D eigenvalue weighted by Crippen LogP contribution is 2.29. The molecule has 0 unspecified atom stereocenters. The summed E-state index contributed by atoms with van der Waals surface area (Å²) in [5.74, 6) is 0. The van der Waals surface area contributed by atoms with Gasteiger partial charge in [0, 0.05) is 38.1 Å². The minimum absolute atomic E-state index is 0.0949. The van der Waals surface area contributed by atoms with Gasteiger partial charge in [0.2, 0.25) is 10.0 Å². The Labute approximate surface area is 158 Å². The van der Waals surface area contributed by atoms with Gasteiger partial charge in [0.05, 0.1) is 23.2 Å². The zero-order valence-corrected chi connectivity index (χ0v) is 15.7. The summed E-state index contributed by atoms with van der Waals surface area (Å²) in [6, 6.07) is 12.9. The van der Waals surface area contributed by atoms with Crippen LogP contribution in [-0.2, 0) is 10.0 Å². The Bertz CT molecular complexity index is 1020. The van der Waals surface area contributed by atoms with E-state index in [2.05, 4.69) is 15.1 Å². The molecule has 0 saturated carbocycles. The number of H-pyrrole nitrogens is 1. The molecular formula is C19H22N4O3S. The van der Waals surface area contributed by atoms with Crippen LogP contribution in [-0.4, -0.2) is 72.3 Å². The molecule has 3 aromatic rings. The van der Waals surface area contributed by atoms with Gasteiger partial charge >= 0.3 is 0 Å². The van der Waals surface area contributed by atoms with E-state index >= 15 is 0 Å². The van der Waals surface area contributed by atoms with Crippen LogP contribution in [0.25, 0.3) is 22.0 Å². The Hall–Kier alpha value is -2.26. The van der Waals surface area contributed by atoms with Crippen LogP contribution in [0.15, 0.2) is 53.6 Å². The van der Waals surface area contributed by atoms with Crippen LogP contribution in [0, 0.1) is 0 Å². The predicted molar refractivity (Wildman–Crippen MR) is 104 cm³/mol. The molecule has 8 heteroatoms. The fraction of sp³-hybridized carbons (Fsp3) is 0.316. The molecule has 1 aliphatic rings. The van der Waals surface area contributed by atoms with Gasteiger partial charge in [-0.25, -0.2) is 8.42 Å². The quantitative estimate of drug-likeness (QED) is 0.694. The summed E-state index contributed by atoms with van der Waals surface area (Å²) in [5, 5.41) is 17.0. The Kier molecular flexibility index (Phi) is 4.96. The van der Waals surface area contributed by atoms with Crippen LogP contribution in [0.1, 0.15) is 0 Å². The lowest BCUT2D eigenvalue weighted by atomic mass is 10.0. The molecule has 7 nitrogen and oxygen atoms in total. The molecule has 0 atom stereocenters. The zero-order chi connectivity index (χ0) is 18.9. The summed E-state index contributed by atoms with van der Waals surface area (Å²) in [7, 11) is -3.51. The molecule has 0 bridgehead atoms. The van der Waals surface area contributed by atoms with Crippen molar-refractivity contribution in [2.45, 2.75) is 4.90 Å². The summed E-state index contributed by atoms with van der Waals surface area (Å²) in [6.07, 6.45) is 1.78. The number of β-amino-alcohol motifs (C(OH)–C–C–N with tert-alkyl or cyclic N) is 1. The first-order chi connectivity index (χ1) is 13.1. The van der Waals surface area contributed by atoms with Gasteiger partial charge in [0.25, 0.3) is 0 Å². The first-order valence-corrected chi connectivity index (χ1v) is 10.4. The molecule has 2 N–H and O–H groups in total. The van der Waals surface area contributed by atoms with Crippen LogP contribution in [0.3, 0.4) is 0 Å². The van der Waals surface area contributed by atoms with E-state index in [-0.39, 0.29) is 6.61 Å². The van der Waals surface area contributed by atoms with Crippen molar-refractivity contribution >= 4 is 20.9 Å². The Morgan fingerprint density at radius 3 is 2.48 bits per heavy atom. The molecule has 0 aliphatic carbocycles. The van der Waals surface area contributed by atoms with Crippen LogP contribution >= 0.6 is 0 Å². The Balaban J connectivity index is 1.56. The monoisotopic (exact) mass is 386 g/mol. The van der Waals surface area contributed by atoms with Crippen molar-refractivity contribution in [3.63, 3.8) is 0 Å². The van der Waals surface area contributed by atoms with Crippen LogP contribution in [0.2, 0.25) is 0 Å². The highest BCUT2D eigenvalue weighted by Gasteiger charge is 2.28. The summed E-state index contributed by atoms with van der Waals surface area (Å²) >= 11 is 0. The predicted octanol–water partition coefficient (Wildman–Crippen LogP) is 1.53. The number of nitrogens with one attached hydrogen (secondary N) is 1. The van der Waals surface area contributed by atoms with E-state index in [0.717, 1.165) is 22.0 Å². The molecule has 1 saturated heterocycles. The van der Waals surface area contributed by atoms with E-state index in [9.17, 15) is 8.42 Å². The Morgan fingerprint density at radius 1 is 1.04 bits per heavy atom.